The van der Waals surface area contributed by atoms with E-state index in [-0.39, 0.29) is 5.31 Å². The van der Waals surface area contributed by atoms with Gasteiger partial charge in [0.2, 0.25) is 4.80 Å². The van der Waals surface area contributed by atoms with Gasteiger partial charge in [0.1, 0.15) is 0 Å². The zero-order valence-corrected chi connectivity index (χ0v) is 10.1. The lowest BCUT2D eigenvalue weighted by Gasteiger charge is -2.21. The SMILES string of the molecule is [B]C1(C)CCCc2c(s/c(=N\N)n2C)C1. The van der Waals surface area contributed by atoms with Gasteiger partial charge < -0.3 is 10.4 Å². The van der Waals surface area contributed by atoms with Crippen molar-refractivity contribution in [2.45, 2.75) is 37.9 Å². The molecule has 1 atom stereocenters. The molecule has 0 spiro atoms. The molecule has 1 aromatic heterocycles. The third-order valence-corrected chi connectivity index (χ3v) is 4.25. The van der Waals surface area contributed by atoms with Crippen LogP contribution in [0.4, 0.5) is 0 Å². The van der Waals surface area contributed by atoms with E-state index in [0.29, 0.717) is 0 Å². The molecule has 2 rings (SSSR count). The van der Waals surface area contributed by atoms with E-state index < -0.39 is 0 Å². The molecule has 0 amide bonds. The van der Waals surface area contributed by atoms with Crippen molar-refractivity contribution in [3.05, 3.63) is 15.4 Å². The molecule has 2 radical (unpaired) electrons. The summed E-state index contributed by atoms with van der Waals surface area (Å²) >= 11 is 1.67. The summed E-state index contributed by atoms with van der Waals surface area (Å²) in [6.45, 7) is 2.13. The first-order valence-electron chi connectivity index (χ1n) is 5.24. The highest BCUT2D eigenvalue weighted by Crippen LogP contribution is 2.37. The molecule has 80 valence electrons. The minimum atomic E-state index is -0.0744. The molecule has 1 heterocycles. The zero-order chi connectivity index (χ0) is 11.1. The maximum atomic E-state index is 6.23. The Labute approximate surface area is 95.4 Å². The molecule has 1 aromatic rings. The maximum Gasteiger partial charge on any atom is 0.207 e. The van der Waals surface area contributed by atoms with Gasteiger partial charge in [0.15, 0.2) is 0 Å². The highest BCUT2D eigenvalue weighted by Gasteiger charge is 2.25. The molecule has 0 bridgehead atoms. The summed E-state index contributed by atoms with van der Waals surface area (Å²) in [5.74, 6) is 5.35. The molecule has 2 N–H and O–H groups in total. The van der Waals surface area contributed by atoms with E-state index in [1.54, 1.807) is 11.3 Å². The van der Waals surface area contributed by atoms with Crippen LogP contribution in [-0.2, 0) is 19.9 Å². The molecule has 0 aliphatic heterocycles. The van der Waals surface area contributed by atoms with Crippen LogP contribution in [0.25, 0.3) is 0 Å². The van der Waals surface area contributed by atoms with Gasteiger partial charge in [-0.2, -0.15) is 5.10 Å². The predicted molar refractivity (Wildman–Crippen MR) is 63.8 cm³/mol. The third kappa shape index (κ3) is 1.98. The van der Waals surface area contributed by atoms with E-state index in [9.17, 15) is 0 Å². The lowest BCUT2D eigenvalue weighted by molar-refractivity contribution is 0.551. The number of hydrogen-bond donors (Lipinski definition) is 1. The van der Waals surface area contributed by atoms with Crippen LogP contribution in [0.5, 0.6) is 0 Å². The molecule has 5 heteroatoms. The number of aromatic nitrogens is 1. The Morgan fingerprint density at radius 3 is 3.00 bits per heavy atom. The summed E-state index contributed by atoms with van der Waals surface area (Å²) in [6.07, 6.45) is 4.26. The Kier molecular flexibility index (Phi) is 2.67. The first kappa shape index (κ1) is 10.8. The minimum absolute atomic E-state index is 0.0744. The van der Waals surface area contributed by atoms with Crippen molar-refractivity contribution in [2.75, 3.05) is 0 Å². The second-order valence-corrected chi connectivity index (χ2v) is 5.69. The summed E-state index contributed by atoms with van der Waals surface area (Å²) in [5.41, 5.74) is 1.36. The van der Waals surface area contributed by atoms with Crippen LogP contribution in [0.1, 0.15) is 30.3 Å². The molecule has 15 heavy (non-hydrogen) atoms. The summed E-state index contributed by atoms with van der Waals surface area (Å²) in [5, 5.41) is 3.72. The first-order chi connectivity index (χ1) is 7.03. The molecule has 1 aliphatic rings. The van der Waals surface area contributed by atoms with Gasteiger partial charge >= 0.3 is 0 Å². The quantitative estimate of drug-likeness (QED) is 0.303. The molecular formula is C10H16BN3S. The zero-order valence-electron chi connectivity index (χ0n) is 9.29. The molecule has 0 saturated carbocycles. The van der Waals surface area contributed by atoms with Crippen molar-refractivity contribution in [1.82, 2.24) is 4.57 Å². The maximum absolute atomic E-state index is 6.23. The summed E-state index contributed by atoms with van der Waals surface area (Å²) in [6, 6.07) is 0. The smallest absolute Gasteiger partial charge is 0.207 e. The average molecular weight is 221 g/mol. The van der Waals surface area contributed by atoms with Crippen molar-refractivity contribution in [3.63, 3.8) is 0 Å². The topological polar surface area (TPSA) is 43.3 Å². The summed E-state index contributed by atoms with van der Waals surface area (Å²) in [7, 11) is 8.26. The van der Waals surface area contributed by atoms with Gasteiger partial charge in [-0.15, -0.1) is 0 Å². The van der Waals surface area contributed by atoms with Crippen molar-refractivity contribution in [2.24, 2.45) is 18.0 Å². The van der Waals surface area contributed by atoms with E-state index in [4.69, 9.17) is 13.7 Å². The molecule has 0 aromatic carbocycles. The van der Waals surface area contributed by atoms with Gasteiger partial charge in [-0.1, -0.05) is 30.0 Å². The van der Waals surface area contributed by atoms with Crippen LogP contribution in [-0.4, -0.2) is 12.4 Å². The van der Waals surface area contributed by atoms with E-state index >= 15 is 0 Å². The second-order valence-electron chi connectivity index (χ2n) is 4.63. The number of nitrogens with zero attached hydrogens (tertiary/aromatic N) is 2. The van der Waals surface area contributed by atoms with Crippen LogP contribution in [0.2, 0.25) is 5.31 Å². The van der Waals surface area contributed by atoms with Crippen LogP contribution < -0.4 is 10.6 Å². The van der Waals surface area contributed by atoms with E-state index in [0.717, 1.165) is 30.5 Å². The highest BCUT2D eigenvalue weighted by molar-refractivity contribution is 7.09. The van der Waals surface area contributed by atoms with Crippen LogP contribution in [0.3, 0.4) is 0 Å². The van der Waals surface area contributed by atoms with E-state index in [2.05, 4.69) is 16.6 Å². The second kappa shape index (κ2) is 3.70. The van der Waals surface area contributed by atoms with Gasteiger partial charge in [-0.25, -0.2) is 0 Å². The normalized spacial score (nSPS) is 27.5. The lowest BCUT2D eigenvalue weighted by Crippen LogP contribution is -2.15. The Bertz CT molecular complexity index is 430. The fraction of sp³-hybridized carbons (Fsp3) is 0.700. The van der Waals surface area contributed by atoms with E-state index in [1.165, 1.54) is 10.6 Å². The van der Waals surface area contributed by atoms with Gasteiger partial charge in [-0.3, -0.25) is 0 Å². The van der Waals surface area contributed by atoms with Crippen molar-refractivity contribution >= 4 is 19.2 Å². The van der Waals surface area contributed by atoms with Gasteiger partial charge in [-0.05, 0) is 19.3 Å². The molecular weight excluding hydrogens is 205 g/mol. The molecule has 0 fully saturated rings. The average Bonchev–Trinajstić information content (AvgIpc) is 2.37. The minimum Gasteiger partial charge on any atom is -0.322 e. The Morgan fingerprint density at radius 2 is 2.33 bits per heavy atom. The fourth-order valence-electron chi connectivity index (χ4n) is 2.21. The Morgan fingerprint density at radius 1 is 1.60 bits per heavy atom. The molecule has 3 nitrogen and oxygen atoms in total. The standard InChI is InChI=1S/C10H16BN3S/c1-10(11)5-3-4-7-8(6-10)15-9(13-12)14(7)2/h3-6,12H2,1-2H3/b13-9-. The Hall–Kier alpha value is -0.705. The summed E-state index contributed by atoms with van der Waals surface area (Å²) in [4.78, 5) is 2.24. The molecule has 1 unspecified atom stereocenters. The van der Waals surface area contributed by atoms with Crippen LogP contribution in [0.15, 0.2) is 5.10 Å². The monoisotopic (exact) mass is 221 g/mol. The van der Waals surface area contributed by atoms with Crippen LogP contribution in [0, 0.1) is 0 Å². The lowest BCUT2D eigenvalue weighted by atomic mass is 9.66. The van der Waals surface area contributed by atoms with E-state index in [1.807, 2.05) is 7.05 Å². The third-order valence-electron chi connectivity index (χ3n) is 3.06. The van der Waals surface area contributed by atoms with Crippen molar-refractivity contribution in [1.29, 1.82) is 0 Å². The summed E-state index contributed by atoms with van der Waals surface area (Å²) < 4.78 is 2.10. The molecule has 1 aliphatic carbocycles. The number of nitrogens with two attached hydrogens (primary N) is 1. The molecule has 0 saturated heterocycles. The van der Waals surface area contributed by atoms with Crippen LogP contribution >= 0.6 is 11.3 Å². The van der Waals surface area contributed by atoms with Gasteiger partial charge in [0.25, 0.3) is 0 Å². The number of rotatable bonds is 0. The highest BCUT2D eigenvalue weighted by atomic mass is 32.1. The largest absolute Gasteiger partial charge is 0.322 e. The van der Waals surface area contributed by atoms with Gasteiger partial charge in [0.05, 0.1) is 7.85 Å². The van der Waals surface area contributed by atoms with Crippen molar-refractivity contribution < 1.29 is 0 Å². The number of fused-ring (bicyclic) bond motifs is 1. The first-order valence-corrected chi connectivity index (χ1v) is 6.05. The fourth-order valence-corrected chi connectivity index (χ4v) is 3.49. The Balaban J connectivity index is 2.49. The van der Waals surface area contributed by atoms with Crippen molar-refractivity contribution in [3.8, 4) is 0 Å². The number of thiazole rings is 1. The van der Waals surface area contributed by atoms with Gasteiger partial charge in [0, 0.05) is 17.6 Å². The predicted octanol–water partition coefficient (Wildman–Crippen LogP) is 1.09. The number of hydrogen-bond acceptors (Lipinski definition) is 3.